The van der Waals surface area contributed by atoms with Crippen LogP contribution in [0.4, 0.5) is 15.8 Å². The van der Waals surface area contributed by atoms with Crippen LogP contribution >= 0.6 is 11.8 Å². The quantitative estimate of drug-likeness (QED) is 0.489. The van der Waals surface area contributed by atoms with E-state index in [4.69, 9.17) is 5.73 Å². The molecule has 0 saturated heterocycles. The second kappa shape index (κ2) is 6.37. The van der Waals surface area contributed by atoms with Crippen LogP contribution < -0.4 is 11.1 Å². The van der Waals surface area contributed by atoms with Gasteiger partial charge in [0.25, 0.3) is 11.6 Å². The Bertz CT molecular complexity index is 510. The number of thioether (sulfide) groups is 1. The van der Waals surface area contributed by atoms with Crippen molar-refractivity contribution in [2.24, 2.45) is 0 Å². The number of nitro groups is 1. The van der Waals surface area contributed by atoms with Gasteiger partial charge in [-0.15, -0.1) is 0 Å². The van der Waals surface area contributed by atoms with Crippen molar-refractivity contribution in [3.63, 3.8) is 0 Å². The molecule has 0 radical (unpaired) electrons. The maximum atomic E-state index is 13.2. The average molecular weight is 287 g/mol. The normalized spacial score (nSPS) is 11.9. The molecule has 104 valence electrons. The molecule has 0 aliphatic heterocycles. The highest BCUT2D eigenvalue weighted by Gasteiger charge is 2.21. The smallest absolute Gasteiger partial charge is 0.295 e. The number of nitro benzene ring substituents is 1. The Hall–Kier alpha value is -1.83. The summed E-state index contributed by atoms with van der Waals surface area (Å²) in [7, 11) is 0. The predicted octanol–water partition coefficient (Wildman–Crippen LogP) is 1.80. The second-order valence-corrected chi connectivity index (χ2v) is 5.18. The number of nitrogens with one attached hydrogen (secondary N) is 1. The first-order chi connectivity index (χ1) is 8.86. The van der Waals surface area contributed by atoms with E-state index in [-0.39, 0.29) is 16.5 Å². The Morgan fingerprint density at radius 3 is 2.79 bits per heavy atom. The predicted molar refractivity (Wildman–Crippen MR) is 72.8 cm³/mol. The zero-order valence-corrected chi connectivity index (χ0v) is 11.3. The summed E-state index contributed by atoms with van der Waals surface area (Å²) >= 11 is 1.55. The molecule has 1 aromatic carbocycles. The minimum Gasteiger partial charge on any atom is -0.393 e. The number of halogens is 1. The molecule has 3 N–H and O–H groups in total. The summed E-state index contributed by atoms with van der Waals surface area (Å²) < 4.78 is 13.2. The van der Waals surface area contributed by atoms with Crippen LogP contribution in [0.2, 0.25) is 0 Å². The third kappa shape index (κ3) is 3.82. The minimum absolute atomic E-state index is 0.175. The lowest BCUT2D eigenvalue weighted by molar-refractivity contribution is -0.384. The number of hydrogen-bond acceptors (Lipinski definition) is 5. The fourth-order valence-electron chi connectivity index (χ4n) is 1.36. The van der Waals surface area contributed by atoms with E-state index in [9.17, 15) is 19.3 Å². The molecule has 8 heteroatoms. The molecule has 0 aliphatic rings. The molecule has 1 atom stereocenters. The highest BCUT2D eigenvalue weighted by molar-refractivity contribution is 7.99. The van der Waals surface area contributed by atoms with E-state index < -0.39 is 22.3 Å². The van der Waals surface area contributed by atoms with Gasteiger partial charge in [0.2, 0.25) is 0 Å². The molecule has 1 amide bonds. The van der Waals surface area contributed by atoms with Crippen LogP contribution in [0.25, 0.3) is 0 Å². The van der Waals surface area contributed by atoms with Gasteiger partial charge in [-0.3, -0.25) is 14.9 Å². The number of anilines is 1. The third-order valence-electron chi connectivity index (χ3n) is 2.52. The van der Waals surface area contributed by atoms with Gasteiger partial charge in [-0.05, 0) is 12.3 Å². The van der Waals surface area contributed by atoms with E-state index in [1.807, 2.05) is 13.2 Å². The van der Waals surface area contributed by atoms with E-state index in [0.717, 1.165) is 6.07 Å². The van der Waals surface area contributed by atoms with Crippen LogP contribution in [0, 0.1) is 15.9 Å². The number of nitrogens with zero attached hydrogens (tertiary/aromatic N) is 1. The van der Waals surface area contributed by atoms with Crippen LogP contribution in [0.1, 0.15) is 17.3 Å². The van der Waals surface area contributed by atoms with E-state index in [1.165, 1.54) is 0 Å². The summed E-state index contributed by atoms with van der Waals surface area (Å²) in [5.41, 5.74) is 4.36. The molecule has 1 aromatic rings. The number of nitrogens with two attached hydrogens (primary N) is 1. The largest absolute Gasteiger partial charge is 0.393 e. The molecule has 0 bridgehead atoms. The number of carbonyl (C=O) groups is 1. The van der Waals surface area contributed by atoms with E-state index >= 15 is 0 Å². The monoisotopic (exact) mass is 287 g/mol. The average Bonchev–Trinajstić information content (AvgIpc) is 2.37. The summed E-state index contributed by atoms with van der Waals surface area (Å²) in [6, 6.07) is 1.58. The van der Waals surface area contributed by atoms with Crippen molar-refractivity contribution in [1.82, 2.24) is 5.32 Å². The number of amides is 1. The maximum Gasteiger partial charge on any atom is 0.295 e. The summed E-state index contributed by atoms with van der Waals surface area (Å²) in [6.07, 6.45) is 1.89. The van der Waals surface area contributed by atoms with Crippen molar-refractivity contribution >= 4 is 29.0 Å². The molecule has 1 unspecified atom stereocenters. The van der Waals surface area contributed by atoms with Crippen LogP contribution in [-0.2, 0) is 0 Å². The molecule has 19 heavy (non-hydrogen) atoms. The number of benzene rings is 1. The standard InChI is InChI=1S/C11H14FN3O3S/c1-6(19-2)5-14-11(16)8-3-7(12)4-9(10(8)13)15(17)18/h3-4,6H,5,13H2,1-2H3,(H,14,16). The Morgan fingerprint density at radius 2 is 2.26 bits per heavy atom. The molecular formula is C11H14FN3O3S. The summed E-state index contributed by atoms with van der Waals surface area (Å²) in [4.78, 5) is 21.7. The van der Waals surface area contributed by atoms with E-state index in [1.54, 1.807) is 11.8 Å². The first kappa shape index (κ1) is 15.2. The third-order valence-corrected chi connectivity index (χ3v) is 3.49. The van der Waals surface area contributed by atoms with Crippen molar-refractivity contribution < 1.29 is 14.1 Å². The molecule has 0 spiro atoms. The van der Waals surface area contributed by atoms with Gasteiger partial charge in [-0.1, -0.05) is 6.92 Å². The van der Waals surface area contributed by atoms with Gasteiger partial charge in [-0.2, -0.15) is 11.8 Å². The molecule has 6 nitrogen and oxygen atoms in total. The first-order valence-corrected chi connectivity index (χ1v) is 6.70. The van der Waals surface area contributed by atoms with Crippen molar-refractivity contribution in [3.8, 4) is 0 Å². The number of rotatable bonds is 5. The van der Waals surface area contributed by atoms with Gasteiger partial charge in [-0.25, -0.2) is 4.39 Å². The van der Waals surface area contributed by atoms with Crippen LogP contribution in [0.3, 0.4) is 0 Å². The highest BCUT2D eigenvalue weighted by atomic mass is 32.2. The zero-order valence-electron chi connectivity index (χ0n) is 10.5. The van der Waals surface area contributed by atoms with E-state index in [2.05, 4.69) is 5.32 Å². The first-order valence-electron chi connectivity index (χ1n) is 5.41. The van der Waals surface area contributed by atoms with Gasteiger partial charge in [0.05, 0.1) is 16.6 Å². The summed E-state index contributed by atoms with van der Waals surface area (Å²) in [5.74, 6) is -1.50. The highest BCUT2D eigenvalue weighted by Crippen LogP contribution is 2.26. The fourth-order valence-corrected chi connectivity index (χ4v) is 1.61. The van der Waals surface area contributed by atoms with Gasteiger partial charge < -0.3 is 11.1 Å². The Morgan fingerprint density at radius 1 is 1.63 bits per heavy atom. The Kier molecular flexibility index (Phi) is 5.11. The second-order valence-electron chi connectivity index (χ2n) is 3.90. The minimum atomic E-state index is -0.871. The lowest BCUT2D eigenvalue weighted by atomic mass is 10.1. The molecule has 1 rings (SSSR count). The van der Waals surface area contributed by atoms with Crippen LogP contribution in [-0.4, -0.2) is 28.9 Å². The van der Waals surface area contributed by atoms with Gasteiger partial charge in [0.1, 0.15) is 11.5 Å². The van der Waals surface area contributed by atoms with Gasteiger partial charge >= 0.3 is 0 Å². The summed E-state index contributed by atoms with van der Waals surface area (Å²) in [6.45, 7) is 2.27. The van der Waals surface area contributed by atoms with Crippen molar-refractivity contribution in [1.29, 1.82) is 0 Å². The number of nitrogen functional groups attached to an aromatic ring is 1. The van der Waals surface area contributed by atoms with Crippen molar-refractivity contribution in [3.05, 3.63) is 33.6 Å². The maximum absolute atomic E-state index is 13.2. The van der Waals surface area contributed by atoms with Gasteiger partial charge in [0.15, 0.2) is 0 Å². The molecule has 0 aliphatic carbocycles. The lowest BCUT2D eigenvalue weighted by Gasteiger charge is -2.11. The van der Waals surface area contributed by atoms with Crippen LogP contribution in [0.5, 0.6) is 0 Å². The molecule has 0 fully saturated rings. The van der Waals surface area contributed by atoms with E-state index in [0.29, 0.717) is 12.6 Å². The van der Waals surface area contributed by atoms with Crippen molar-refractivity contribution in [2.45, 2.75) is 12.2 Å². The lowest BCUT2D eigenvalue weighted by Crippen LogP contribution is -2.30. The number of hydrogen-bond donors (Lipinski definition) is 2. The molecule has 0 saturated carbocycles. The van der Waals surface area contributed by atoms with Gasteiger partial charge in [0, 0.05) is 11.8 Å². The van der Waals surface area contributed by atoms with Crippen LogP contribution in [0.15, 0.2) is 12.1 Å². The Labute approximate surface area is 113 Å². The Balaban J connectivity index is 3.00. The van der Waals surface area contributed by atoms with Crippen molar-refractivity contribution in [2.75, 3.05) is 18.5 Å². The molecular weight excluding hydrogens is 273 g/mol. The zero-order chi connectivity index (χ0) is 14.6. The molecule has 0 aromatic heterocycles. The fraction of sp³-hybridized carbons (Fsp3) is 0.364. The topological polar surface area (TPSA) is 98.3 Å². The SMILES string of the molecule is CSC(C)CNC(=O)c1cc(F)cc([N+](=O)[O-])c1N. The number of carbonyl (C=O) groups excluding carboxylic acids is 1. The summed E-state index contributed by atoms with van der Waals surface area (Å²) in [5, 5.41) is 13.4. The molecule has 0 heterocycles.